The lowest BCUT2D eigenvalue weighted by Gasteiger charge is -2.32. The molecule has 1 heterocycles. The Morgan fingerprint density at radius 3 is 2.29 bits per heavy atom. The van der Waals surface area contributed by atoms with Gasteiger partial charge >= 0.3 is 0 Å². The second-order valence-corrected chi connectivity index (χ2v) is 6.91. The first-order valence-electron chi connectivity index (χ1n) is 8.81. The number of nitro groups is 1. The summed E-state index contributed by atoms with van der Waals surface area (Å²) in [6.45, 7) is 0. The lowest BCUT2D eigenvalue weighted by atomic mass is 9.69. The van der Waals surface area contributed by atoms with Gasteiger partial charge in [-0.15, -0.1) is 0 Å². The van der Waals surface area contributed by atoms with Crippen molar-refractivity contribution in [2.24, 2.45) is 21.8 Å². The van der Waals surface area contributed by atoms with E-state index in [9.17, 15) is 19.7 Å². The van der Waals surface area contributed by atoms with Crippen molar-refractivity contribution < 1.29 is 14.5 Å². The molecule has 0 spiro atoms. The zero-order valence-electron chi connectivity index (χ0n) is 14.5. The molecule has 28 heavy (non-hydrogen) atoms. The minimum atomic E-state index is -0.609. The molecule has 136 valence electrons. The third-order valence-corrected chi connectivity index (χ3v) is 5.36. The molecule has 4 aliphatic rings. The van der Waals surface area contributed by atoms with E-state index in [-0.39, 0.29) is 17.3 Å². The van der Waals surface area contributed by atoms with E-state index in [1.807, 2.05) is 0 Å². The van der Waals surface area contributed by atoms with Gasteiger partial charge in [0, 0.05) is 28.8 Å². The minimum Gasteiger partial charge on any atom is -0.294 e. The number of hydrogen-bond acceptors (Lipinski definition) is 6. The molecule has 1 aromatic carbocycles. The number of nitrogens with zero attached hydrogens (tertiary/aromatic N) is 3. The molecule has 0 aromatic heterocycles. The Labute approximate surface area is 159 Å². The van der Waals surface area contributed by atoms with Gasteiger partial charge in [-0.2, -0.15) is 0 Å². The van der Waals surface area contributed by atoms with E-state index >= 15 is 0 Å². The first-order valence-corrected chi connectivity index (χ1v) is 8.81. The first kappa shape index (κ1) is 16.4. The van der Waals surface area contributed by atoms with Gasteiger partial charge in [-0.05, 0) is 24.3 Å². The maximum Gasteiger partial charge on any atom is 0.269 e. The van der Waals surface area contributed by atoms with Gasteiger partial charge in [-0.3, -0.25) is 24.7 Å². The number of rotatable bonds is 2. The Bertz CT molecular complexity index is 1130. The van der Waals surface area contributed by atoms with Gasteiger partial charge in [0.15, 0.2) is 17.4 Å². The second kappa shape index (κ2) is 5.88. The molecule has 0 N–H and O–H groups in total. The standard InChI is InChI=1S/C21H13N3O4/c25-19-13-3-1-2-4-14(13)20(26)17-15(19)9-10-16-18(17)23-21(22-16)11-5-7-12(8-6-11)24(27)28/h1-10,13-14,18H/t13-,14-,18-/m1/s1. The average Bonchev–Trinajstić information content (AvgIpc) is 3.16. The summed E-state index contributed by atoms with van der Waals surface area (Å²) in [5, 5.41) is 10.8. The summed E-state index contributed by atoms with van der Waals surface area (Å²) >= 11 is 0. The molecule has 0 bridgehead atoms. The minimum absolute atomic E-state index is 0.0199. The highest BCUT2D eigenvalue weighted by Gasteiger charge is 2.46. The molecule has 0 unspecified atom stereocenters. The van der Waals surface area contributed by atoms with Crippen LogP contribution in [0, 0.1) is 22.0 Å². The number of benzene rings is 1. The SMILES string of the molecule is O=C1C2=C(C(=O)[C@@H]3C=CC=C[C@@H]13)[C@@H]1N=C(c3ccc([N+](=O)[O-])cc3)N=C1C=C2. The van der Waals surface area contributed by atoms with Crippen LogP contribution in [0.4, 0.5) is 5.69 Å². The number of hydrogen-bond donors (Lipinski definition) is 0. The van der Waals surface area contributed by atoms with E-state index in [2.05, 4.69) is 9.98 Å². The Hall–Kier alpha value is -3.74. The van der Waals surface area contributed by atoms with Gasteiger partial charge in [-0.1, -0.05) is 24.3 Å². The molecule has 1 aromatic rings. The molecule has 7 nitrogen and oxygen atoms in total. The fraction of sp³-hybridized carbons (Fsp3) is 0.143. The van der Waals surface area contributed by atoms with Crippen LogP contribution in [0.25, 0.3) is 0 Å². The summed E-state index contributed by atoms with van der Waals surface area (Å²) < 4.78 is 0. The number of fused-ring (bicyclic) bond motifs is 3. The number of carbonyl (C=O) groups excluding carboxylic acids is 2. The average molecular weight is 371 g/mol. The Morgan fingerprint density at radius 2 is 1.61 bits per heavy atom. The largest absolute Gasteiger partial charge is 0.294 e. The number of ketones is 2. The van der Waals surface area contributed by atoms with Gasteiger partial charge in [0.05, 0.1) is 22.5 Å². The van der Waals surface area contributed by atoms with Gasteiger partial charge < -0.3 is 0 Å². The Morgan fingerprint density at radius 1 is 0.929 bits per heavy atom. The highest BCUT2D eigenvalue weighted by molar-refractivity contribution is 6.27. The van der Waals surface area contributed by atoms with Crippen LogP contribution in [-0.2, 0) is 9.59 Å². The maximum absolute atomic E-state index is 13.1. The molecule has 3 aliphatic carbocycles. The van der Waals surface area contributed by atoms with E-state index in [4.69, 9.17) is 0 Å². The topological polar surface area (TPSA) is 102 Å². The van der Waals surface area contributed by atoms with Crippen molar-refractivity contribution in [3.63, 3.8) is 0 Å². The Kier molecular flexibility index (Phi) is 3.45. The molecule has 7 heteroatoms. The molecule has 5 rings (SSSR count). The van der Waals surface area contributed by atoms with Crippen LogP contribution in [0.1, 0.15) is 5.56 Å². The summed E-state index contributed by atoms with van der Waals surface area (Å²) in [5.41, 5.74) is 2.00. The number of aliphatic imine (C=N–C) groups is 2. The van der Waals surface area contributed by atoms with E-state index in [0.717, 1.165) is 0 Å². The molecule has 1 aliphatic heterocycles. The molecular formula is C21H13N3O4. The highest BCUT2D eigenvalue weighted by Crippen LogP contribution is 2.39. The monoisotopic (exact) mass is 371 g/mol. The summed E-state index contributed by atoms with van der Waals surface area (Å²) in [5.74, 6) is -0.735. The summed E-state index contributed by atoms with van der Waals surface area (Å²) in [4.78, 5) is 45.4. The normalized spacial score (nSPS) is 27.2. The molecule has 0 saturated carbocycles. The molecule has 0 amide bonds. The number of allylic oxidation sites excluding steroid dienone is 6. The van der Waals surface area contributed by atoms with Gasteiger partial charge in [0.2, 0.25) is 0 Å². The molecule has 0 fully saturated rings. The van der Waals surface area contributed by atoms with Crippen molar-refractivity contribution in [2.45, 2.75) is 6.04 Å². The van der Waals surface area contributed by atoms with Crippen LogP contribution in [0.3, 0.4) is 0 Å². The number of non-ortho nitro benzene ring substituents is 1. The number of carbonyl (C=O) groups is 2. The van der Waals surface area contributed by atoms with E-state index < -0.39 is 22.8 Å². The van der Waals surface area contributed by atoms with Crippen LogP contribution < -0.4 is 0 Å². The zero-order chi connectivity index (χ0) is 19.4. The highest BCUT2D eigenvalue weighted by atomic mass is 16.6. The quantitative estimate of drug-likeness (QED) is 0.589. The number of nitro benzene ring substituents is 1. The van der Waals surface area contributed by atoms with Crippen LogP contribution in [-0.4, -0.2) is 34.1 Å². The van der Waals surface area contributed by atoms with Crippen molar-refractivity contribution >= 4 is 28.8 Å². The van der Waals surface area contributed by atoms with Crippen molar-refractivity contribution in [3.8, 4) is 0 Å². The predicted octanol–water partition coefficient (Wildman–Crippen LogP) is 2.54. The zero-order valence-corrected chi connectivity index (χ0v) is 14.5. The third kappa shape index (κ3) is 2.29. The molecule has 0 radical (unpaired) electrons. The van der Waals surface area contributed by atoms with Crippen LogP contribution in [0.2, 0.25) is 0 Å². The lowest BCUT2D eigenvalue weighted by molar-refractivity contribution is -0.384. The van der Waals surface area contributed by atoms with Gasteiger partial charge in [0.25, 0.3) is 5.69 Å². The third-order valence-electron chi connectivity index (χ3n) is 5.36. The molecular weight excluding hydrogens is 358 g/mol. The fourth-order valence-corrected chi connectivity index (χ4v) is 3.97. The number of amidine groups is 1. The van der Waals surface area contributed by atoms with E-state index in [0.29, 0.717) is 28.3 Å². The van der Waals surface area contributed by atoms with Crippen molar-refractivity contribution in [2.75, 3.05) is 0 Å². The van der Waals surface area contributed by atoms with E-state index in [1.165, 1.54) is 12.1 Å². The van der Waals surface area contributed by atoms with Crippen LogP contribution in [0.5, 0.6) is 0 Å². The number of Topliss-reactive ketones (excluding diaryl/α,β-unsaturated/α-hetero) is 2. The van der Waals surface area contributed by atoms with E-state index in [1.54, 1.807) is 48.6 Å². The van der Waals surface area contributed by atoms with Gasteiger partial charge in [0.1, 0.15) is 6.04 Å². The van der Waals surface area contributed by atoms with Crippen LogP contribution in [0.15, 0.2) is 81.9 Å². The van der Waals surface area contributed by atoms with Crippen molar-refractivity contribution in [3.05, 3.63) is 87.5 Å². The molecule has 0 saturated heterocycles. The van der Waals surface area contributed by atoms with Crippen molar-refractivity contribution in [1.29, 1.82) is 0 Å². The lowest BCUT2D eigenvalue weighted by Crippen LogP contribution is -2.41. The Balaban J connectivity index is 1.56. The summed E-state index contributed by atoms with van der Waals surface area (Å²) in [6, 6.07) is 5.33. The van der Waals surface area contributed by atoms with Crippen molar-refractivity contribution in [1.82, 2.24) is 0 Å². The maximum atomic E-state index is 13.1. The predicted molar refractivity (Wildman–Crippen MR) is 102 cm³/mol. The van der Waals surface area contributed by atoms with Gasteiger partial charge in [-0.25, -0.2) is 4.99 Å². The fourth-order valence-electron chi connectivity index (χ4n) is 3.97. The second-order valence-electron chi connectivity index (χ2n) is 6.91. The molecule has 3 atom stereocenters. The smallest absolute Gasteiger partial charge is 0.269 e. The van der Waals surface area contributed by atoms with Crippen LogP contribution >= 0.6 is 0 Å². The summed E-state index contributed by atoms with van der Waals surface area (Å²) in [6.07, 6.45) is 10.5. The summed E-state index contributed by atoms with van der Waals surface area (Å²) in [7, 11) is 0. The first-order chi connectivity index (χ1) is 13.5.